The summed E-state index contributed by atoms with van der Waals surface area (Å²) < 4.78 is 6.01. The maximum absolute atomic E-state index is 9.55. The standard InChI is InChI=1S/C12H15NO.2C4H4O4.C3H8/c1-2-4-11-10(3-1)9-14-12(11)5-7-13-8-6-12;2*5-3(6)1-2-4(7)8;1-3-2/h1-4,13H,5-9H2;2*1-2H,(H,5,6)(H,7,8);3H2,1-2H3/b;2*2-1+;. The Morgan fingerprint density at radius 2 is 1.24 bits per heavy atom. The van der Waals surface area contributed by atoms with E-state index in [-0.39, 0.29) is 5.60 Å². The third-order valence-electron chi connectivity index (χ3n) is 4.16. The summed E-state index contributed by atoms with van der Waals surface area (Å²) in [5.41, 5.74) is 2.86. The Kier molecular flexibility index (Phi) is 14.5. The van der Waals surface area contributed by atoms with Crippen LogP contribution in [0.25, 0.3) is 0 Å². The Hall–Kier alpha value is -3.50. The number of piperidine rings is 1. The zero-order chi connectivity index (χ0) is 25.3. The summed E-state index contributed by atoms with van der Waals surface area (Å²) >= 11 is 0. The third-order valence-corrected chi connectivity index (χ3v) is 4.16. The molecule has 1 aromatic rings. The molecule has 1 saturated heterocycles. The van der Waals surface area contributed by atoms with Crippen molar-refractivity contribution in [3.05, 3.63) is 59.7 Å². The van der Waals surface area contributed by atoms with Gasteiger partial charge in [0.1, 0.15) is 0 Å². The molecule has 0 atom stereocenters. The van der Waals surface area contributed by atoms with Gasteiger partial charge in [-0.2, -0.15) is 0 Å². The molecule has 0 bridgehead atoms. The van der Waals surface area contributed by atoms with E-state index in [4.69, 9.17) is 25.2 Å². The molecule has 2 aliphatic rings. The number of benzene rings is 1. The fourth-order valence-electron chi connectivity index (χ4n) is 2.91. The molecule has 5 N–H and O–H groups in total. The van der Waals surface area contributed by atoms with Gasteiger partial charge in [0.25, 0.3) is 0 Å². The first kappa shape index (κ1) is 29.5. The summed E-state index contributed by atoms with van der Waals surface area (Å²) in [7, 11) is 0. The lowest BCUT2D eigenvalue weighted by Gasteiger charge is -2.33. The van der Waals surface area contributed by atoms with Crippen LogP contribution in [0.4, 0.5) is 0 Å². The fourth-order valence-corrected chi connectivity index (χ4v) is 2.91. The lowest BCUT2D eigenvalue weighted by molar-refractivity contribution is -0.134. The Morgan fingerprint density at radius 3 is 1.64 bits per heavy atom. The maximum atomic E-state index is 9.55. The van der Waals surface area contributed by atoms with Gasteiger partial charge in [0.15, 0.2) is 0 Å². The minimum absolute atomic E-state index is 0.0435. The molecule has 0 aromatic heterocycles. The molecule has 10 nitrogen and oxygen atoms in total. The molecule has 1 spiro atoms. The van der Waals surface area contributed by atoms with E-state index in [9.17, 15) is 19.2 Å². The van der Waals surface area contributed by atoms with Crippen molar-refractivity contribution in [2.75, 3.05) is 13.1 Å². The van der Waals surface area contributed by atoms with E-state index >= 15 is 0 Å². The number of nitrogens with one attached hydrogen (secondary N) is 1. The molecule has 0 saturated carbocycles. The van der Waals surface area contributed by atoms with Crippen LogP contribution in [-0.4, -0.2) is 57.4 Å². The second-order valence-corrected chi connectivity index (χ2v) is 6.92. The van der Waals surface area contributed by atoms with Crippen molar-refractivity contribution in [1.29, 1.82) is 0 Å². The highest BCUT2D eigenvalue weighted by atomic mass is 16.5. The highest BCUT2D eigenvalue weighted by molar-refractivity contribution is 5.90. The Labute approximate surface area is 192 Å². The molecule has 182 valence electrons. The van der Waals surface area contributed by atoms with Crippen LogP contribution >= 0.6 is 0 Å². The molecule has 0 radical (unpaired) electrons. The van der Waals surface area contributed by atoms with E-state index in [1.165, 1.54) is 17.5 Å². The minimum atomic E-state index is -1.26. The monoisotopic (exact) mass is 465 g/mol. The van der Waals surface area contributed by atoms with Gasteiger partial charge >= 0.3 is 23.9 Å². The number of hydrogen-bond acceptors (Lipinski definition) is 6. The topological polar surface area (TPSA) is 170 Å². The van der Waals surface area contributed by atoms with Crippen molar-refractivity contribution in [2.45, 2.75) is 45.3 Å². The molecular weight excluding hydrogens is 434 g/mol. The summed E-state index contributed by atoms with van der Waals surface area (Å²) in [4.78, 5) is 38.2. The second kappa shape index (κ2) is 16.2. The van der Waals surface area contributed by atoms with Gasteiger partial charge in [-0.1, -0.05) is 44.5 Å². The summed E-state index contributed by atoms with van der Waals surface area (Å²) in [6.07, 6.45) is 5.71. The van der Waals surface area contributed by atoms with Crippen LogP contribution < -0.4 is 5.32 Å². The molecule has 2 heterocycles. The van der Waals surface area contributed by atoms with Gasteiger partial charge in [-0.15, -0.1) is 0 Å². The van der Waals surface area contributed by atoms with Crippen molar-refractivity contribution < 1.29 is 44.3 Å². The molecule has 3 rings (SSSR count). The highest BCUT2D eigenvalue weighted by Gasteiger charge is 2.40. The van der Waals surface area contributed by atoms with Gasteiger partial charge in [0.05, 0.1) is 12.2 Å². The van der Waals surface area contributed by atoms with Crippen LogP contribution in [0.5, 0.6) is 0 Å². The van der Waals surface area contributed by atoms with E-state index in [2.05, 4.69) is 43.4 Å². The first-order valence-corrected chi connectivity index (χ1v) is 10.3. The molecule has 2 aliphatic heterocycles. The molecule has 1 fully saturated rings. The predicted octanol–water partition coefficient (Wildman–Crippen LogP) is 2.64. The summed E-state index contributed by atoms with van der Waals surface area (Å²) in [6, 6.07) is 8.64. The van der Waals surface area contributed by atoms with Gasteiger partial charge in [0, 0.05) is 24.3 Å². The first-order chi connectivity index (χ1) is 15.6. The van der Waals surface area contributed by atoms with Gasteiger partial charge in [0.2, 0.25) is 0 Å². The zero-order valence-corrected chi connectivity index (χ0v) is 18.7. The smallest absolute Gasteiger partial charge is 0.328 e. The molecule has 33 heavy (non-hydrogen) atoms. The number of carbonyl (C=O) groups is 4. The van der Waals surface area contributed by atoms with Gasteiger partial charge in [-0.25, -0.2) is 19.2 Å². The van der Waals surface area contributed by atoms with Crippen molar-refractivity contribution in [3.8, 4) is 0 Å². The number of rotatable bonds is 4. The third kappa shape index (κ3) is 12.8. The van der Waals surface area contributed by atoms with E-state index in [1.54, 1.807) is 0 Å². The van der Waals surface area contributed by atoms with Crippen molar-refractivity contribution >= 4 is 23.9 Å². The van der Waals surface area contributed by atoms with Crippen molar-refractivity contribution in [1.82, 2.24) is 5.32 Å². The second-order valence-electron chi connectivity index (χ2n) is 6.92. The zero-order valence-electron chi connectivity index (χ0n) is 18.7. The first-order valence-electron chi connectivity index (χ1n) is 10.3. The number of ether oxygens (including phenoxy) is 1. The minimum Gasteiger partial charge on any atom is -0.478 e. The van der Waals surface area contributed by atoms with E-state index in [1.807, 2.05) is 0 Å². The maximum Gasteiger partial charge on any atom is 0.328 e. The largest absolute Gasteiger partial charge is 0.478 e. The van der Waals surface area contributed by atoms with E-state index in [0.29, 0.717) is 24.3 Å². The lowest BCUT2D eigenvalue weighted by Crippen LogP contribution is -2.39. The average molecular weight is 465 g/mol. The van der Waals surface area contributed by atoms with Crippen LogP contribution in [-0.2, 0) is 36.1 Å². The quantitative estimate of drug-likeness (QED) is 0.416. The molecule has 10 heteroatoms. The number of fused-ring (bicyclic) bond motifs is 2. The van der Waals surface area contributed by atoms with Gasteiger partial charge in [-0.3, -0.25) is 0 Å². The Balaban J connectivity index is 0.000000470. The normalized spacial score (nSPS) is 15.2. The highest BCUT2D eigenvalue weighted by Crippen LogP contribution is 2.42. The molecule has 0 aliphatic carbocycles. The number of carboxylic acid groups (broad SMARTS) is 4. The molecule has 0 amide bonds. The number of carboxylic acids is 4. The Morgan fingerprint density at radius 1 is 0.848 bits per heavy atom. The van der Waals surface area contributed by atoms with E-state index < -0.39 is 23.9 Å². The van der Waals surface area contributed by atoms with Crippen LogP contribution in [0, 0.1) is 0 Å². The van der Waals surface area contributed by atoms with Crippen molar-refractivity contribution in [3.63, 3.8) is 0 Å². The van der Waals surface area contributed by atoms with Gasteiger partial charge < -0.3 is 30.5 Å². The summed E-state index contributed by atoms with van der Waals surface area (Å²) in [5.74, 6) is -5.03. The van der Waals surface area contributed by atoms with Crippen LogP contribution in [0.3, 0.4) is 0 Å². The van der Waals surface area contributed by atoms with Crippen LogP contribution in [0.1, 0.15) is 44.2 Å². The predicted molar refractivity (Wildman–Crippen MR) is 120 cm³/mol. The number of aliphatic carboxylic acids is 4. The Bertz CT molecular complexity index is 769. The van der Waals surface area contributed by atoms with Gasteiger partial charge in [-0.05, 0) is 37.1 Å². The fraction of sp³-hybridized carbons (Fsp3) is 0.391. The average Bonchev–Trinajstić information content (AvgIpc) is 3.11. The summed E-state index contributed by atoms with van der Waals surface area (Å²) in [5, 5.41) is 34.6. The SMILES string of the molecule is CCC.O=C(O)/C=C/C(=O)O.O=C(O)/C=C/C(=O)O.c1ccc2c(c1)COC21CCNCC1. The molecule has 0 unspecified atom stereocenters. The lowest BCUT2D eigenvalue weighted by atomic mass is 9.84. The van der Waals surface area contributed by atoms with E-state index in [0.717, 1.165) is 32.5 Å². The van der Waals surface area contributed by atoms with Crippen LogP contribution in [0.15, 0.2) is 48.6 Å². The summed E-state index contributed by atoms with van der Waals surface area (Å²) in [6.45, 7) is 7.21. The van der Waals surface area contributed by atoms with Crippen molar-refractivity contribution in [2.24, 2.45) is 0 Å². The molecule has 1 aromatic carbocycles. The number of hydrogen-bond donors (Lipinski definition) is 5. The molecular formula is C23H31NO9. The van der Waals surface area contributed by atoms with Crippen LogP contribution in [0.2, 0.25) is 0 Å².